The van der Waals surface area contributed by atoms with Crippen LogP contribution >= 0.6 is 0 Å². The molecule has 2 aromatic heterocycles. The van der Waals surface area contributed by atoms with Gasteiger partial charge in [-0.3, -0.25) is 14.6 Å². The first-order valence-corrected chi connectivity index (χ1v) is 9.01. The van der Waals surface area contributed by atoms with Crippen LogP contribution in [0.4, 0.5) is 0 Å². The number of likely N-dealkylation sites (tertiary alicyclic amines) is 1. The van der Waals surface area contributed by atoms with Gasteiger partial charge in [0.05, 0.1) is 6.20 Å². The Hall–Kier alpha value is -2.73. The lowest BCUT2D eigenvalue weighted by molar-refractivity contribution is 0.201. The maximum absolute atomic E-state index is 5.69. The summed E-state index contributed by atoms with van der Waals surface area (Å²) in [6.07, 6.45) is 9.14. The third kappa shape index (κ3) is 3.91. The van der Waals surface area contributed by atoms with Gasteiger partial charge < -0.3 is 4.74 Å². The van der Waals surface area contributed by atoms with E-state index in [1.54, 1.807) is 18.6 Å². The summed E-state index contributed by atoms with van der Waals surface area (Å²) in [5, 5.41) is 4.30. The predicted octanol–water partition coefficient (Wildman–Crippen LogP) is 3.38. The number of hydrogen-bond donors (Lipinski definition) is 0. The number of aryl methyl sites for hydroxylation is 1. The number of piperidine rings is 1. The van der Waals surface area contributed by atoms with E-state index < -0.39 is 0 Å². The fraction of sp³-hybridized carbons (Fsp3) is 0.350. The molecule has 4 rings (SSSR count). The van der Waals surface area contributed by atoms with Gasteiger partial charge in [0, 0.05) is 43.8 Å². The number of nitrogens with zero attached hydrogens (tertiary/aromatic N) is 5. The highest BCUT2D eigenvalue weighted by Gasteiger charge is 2.22. The van der Waals surface area contributed by atoms with Crippen molar-refractivity contribution in [2.75, 3.05) is 13.1 Å². The molecule has 0 amide bonds. The van der Waals surface area contributed by atoms with Gasteiger partial charge in [-0.05, 0) is 49.7 Å². The topological polar surface area (TPSA) is 56.1 Å². The Labute approximate surface area is 153 Å². The average molecular weight is 349 g/mol. The van der Waals surface area contributed by atoms with Gasteiger partial charge in [0.15, 0.2) is 0 Å². The molecule has 1 aromatic carbocycles. The highest BCUT2D eigenvalue weighted by Crippen LogP contribution is 2.28. The Morgan fingerprint density at radius 2 is 1.85 bits per heavy atom. The summed E-state index contributed by atoms with van der Waals surface area (Å²) in [6, 6.07) is 10.4. The normalized spacial score (nSPS) is 15.9. The maximum atomic E-state index is 5.69. The van der Waals surface area contributed by atoms with Gasteiger partial charge in [0.25, 0.3) is 0 Å². The Bertz CT molecular complexity index is 823. The summed E-state index contributed by atoms with van der Waals surface area (Å²) >= 11 is 0. The standard InChI is InChI=1S/C20H23N5O/c1-24-19(6-9-23-24)17-7-12-25(13-8-17)15-16-2-4-18(5-3-16)26-20-14-21-10-11-22-20/h2-6,9-11,14,17H,7-8,12-13,15H2,1H3. The summed E-state index contributed by atoms with van der Waals surface area (Å²) in [5.41, 5.74) is 2.66. The summed E-state index contributed by atoms with van der Waals surface area (Å²) in [5.74, 6) is 1.92. The Morgan fingerprint density at radius 3 is 2.50 bits per heavy atom. The van der Waals surface area contributed by atoms with Crippen LogP contribution < -0.4 is 4.74 Å². The molecule has 134 valence electrons. The Morgan fingerprint density at radius 1 is 1.04 bits per heavy atom. The van der Waals surface area contributed by atoms with Crippen molar-refractivity contribution >= 4 is 0 Å². The van der Waals surface area contributed by atoms with E-state index in [1.807, 2.05) is 30.1 Å². The van der Waals surface area contributed by atoms with E-state index in [-0.39, 0.29) is 0 Å². The Balaban J connectivity index is 1.30. The second-order valence-electron chi connectivity index (χ2n) is 6.72. The van der Waals surface area contributed by atoms with E-state index in [2.05, 4.69) is 38.2 Å². The minimum atomic E-state index is 0.512. The minimum absolute atomic E-state index is 0.512. The molecule has 3 heterocycles. The van der Waals surface area contributed by atoms with Gasteiger partial charge in [-0.15, -0.1) is 0 Å². The zero-order valence-electron chi connectivity index (χ0n) is 15.0. The van der Waals surface area contributed by atoms with Crippen LogP contribution in [0.15, 0.2) is 55.1 Å². The van der Waals surface area contributed by atoms with Gasteiger partial charge in [-0.2, -0.15) is 5.10 Å². The van der Waals surface area contributed by atoms with Crippen molar-refractivity contribution in [2.45, 2.75) is 25.3 Å². The molecule has 1 fully saturated rings. The number of benzene rings is 1. The first-order valence-electron chi connectivity index (χ1n) is 9.01. The van der Waals surface area contributed by atoms with E-state index in [1.165, 1.54) is 24.1 Å². The van der Waals surface area contributed by atoms with Crippen molar-refractivity contribution in [3.8, 4) is 11.6 Å². The molecular weight excluding hydrogens is 326 g/mol. The lowest BCUT2D eigenvalue weighted by Gasteiger charge is -2.32. The molecular formula is C20H23N5O. The lowest BCUT2D eigenvalue weighted by Crippen LogP contribution is -2.33. The van der Waals surface area contributed by atoms with Gasteiger partial charge in [-0.25, -0.2) is 4.98 Å². The molecule has 0 bridgehead atoms. The van der Waals surface area contributed by atoms with Crippen LogP contribution in [0.2, 0.25) is 0 Å². The molecule has 1 saturated heterocycles. The monoisotopic (exact) mass is 349 g/mol. The molecule has 26 heavy (non-hydrogen) atoms. The van der Waals surface area contributed by atoms with E-state index in [9.17, 15) is 0 Å². The molecule has 1 aliphatic rings. The van der Waals surface area contributed by atoms with E-state index >= 15 is 0 Å². The van der Waals surface area contributed by atoms with E-state index in [0.717, 1.165) is 25.4 Å². The summed E-state index contributed by atoms with van der Waals surface area (Å²) in [4.78, 5) is 10.7. The van der Waals surface area contributed by atoms with Gasteiger partial charge >= 0.3 is 0 Å². The molecule has 1 aliphatic heterocycles. The van der Waals surface area contributed by atoms with Crippen LogP contribution in [0.25, 0.3) is 0 Å². The first-order chi connectivity index (χ1) is 12.8. The molecule has 6 nitrogen and oxygen atoms in total. The largest absolute Gasteiger partial charge is 0.438 e. The minimum Gasteiger partial charge on any atom is -0.438 e. The molecule has 0 atom stereocenters. The van der Waals surface area contributed by atoms with Crippen LogP contribution in [-0.2, 0) is 13.6 Å². The quantitative estimate of drug-likeness (QED) is 0.707. The predicted molar refractivity (Wildman–Crippen MR) is 99.0 cm³/mol. The smallest absolute Gasteiger partial charge is 0.237 e. The molecule has 0 radical (unpaired) electrons. The highest BCUT2D eigenvalue weighted by molar-refractivity contribution is 5.30. The fourth-order valence-corrected chi connectivity index (χ4v) is 3.55. The molecule has 0 unspecified atom stereocenters. The Kier molecular flexibility index (Phi) is 4.93. The van der Waals surface area contributed by atoms with Crippen LogP contribution in [-0.4, -0.2) is 37.7 Å². The van der Waals surface area contributed by atoms with Gasteiger partial charge in [0.2, 0.25) is 5.88 Å². The van der Waals surface area contributed by atoms with Crippen molar-refractivity contribution in [3.05, 3.63) is 66.4 Å². The van der Waals surface area contributed by atoms with Crippen molar-refractivity contribution in [3.63, 3.8) is 0 Å². The third-order valence-corrected chi connectivity index (χ3v) is 4.96. The molecule has 0 spiro atoms. The number of hydrogen-bond acceptors (Lipinski definition) is 5. The first kappa shape index (κ1) is 16.7. The van der Waals surface area contributed by atoms with Gasteiger partial charge in [0.1, 0.15) is 5.75 Å². The van der Waals surface area contributed by atoms with Crippen LogP contribution in [0.5, 0.6) is 11.6 Å². The van der Waals surface area contributed by atoms with Crippen molar-refractivity contribution in [2.24, 2.45) is 7.05 Å². The summed E-state index contributed by atoms with van der Waals surface area (Å²) in [6.45, 7) is 3.21. The maximum Gasteiger partial charge on any atom is 0.237 e. The van der Waals surface area contributed by atoms with Crippen LogP contribution in [0, 0.1) is 0 Å². The molecule has 0 aliphatic carbocycles. The number of rotatable bonds is 5. The molecule has 6 heteroatoms. The SMILES string of the molecule is Cn1nccc1C1CCN(Cc2ccc(Oc3cnccn3)cc2)CC1. The number of aromatic nitrogens is 4. The molecule has 0 N–H and O–H groups in total. The van der Waals surface area contributed by atoms with Crippen molar-refractivity contribution < 1.29 is 4.74 Å². The van der Waals surface area contributed by atoms with Crippen molar-refractivity contribution in [1.82, 2.24) is 24.6 Å². The number of ether oxygens (including phenoxy) is 1. The zero-order chi connectivity index (χ0) is 17.8. The molecule has 0 saturated carbocycles. The van der Waals surface area contributed by atoms with E-state index in [4.69, 9.17) is 4.74 Å². The second kappa shape index (κ2) is 7.66. The van der Waals surface area contributed by atoms with Gasteiger partial charge in [-0.1, -0.05) is 12.1 Å². The lowest BCUT2D eigenvalue weighted by atomic mass is 9.93. The van der Waals surface area contributed by atoms with Crippen LogP contribution in [0.3, 0.4) is 0 Å². The third-order valence-electron chi connectivity index (χ3n) is 4.96. The fourth-order valence-electron chi connectivity index (χ4n) is 3.55. The summed E-state index contributed by atoms with van der Waals surface area (Å²) < 4.78 is 7.70. The molecule has 3 aromatic rings. The average Bonchev–Trinajstić information content (AvgIpc) is 3.11. The second-order valence-corrected chi connectivity index (χ2v) is 6.72. The van der Waals surface area contributed by atoms with Crippen LogP contribution in [0.1, 0.15) is 30.0 Å². The summed E-state index contributed by atoms with van der Waals surface area (Å²) in [7, 11) is 2.03. The zero-order valence-corrected chi connectivity index (χ0v) is 15.0. The highest BCUT2D eigenvalue weighted by atomic mass is 16.5. The van der Waals surface area contributed by atoms with E-state index in [0.29, 0.717) is 11.8 Å². The van der Waals surface area contributed by atoms with Crippen molar-refractivity contribution in [1.29, 1.82) is 0 Å².